The molecule has 0 aliphatic carbocycles. The molecule has 2 heterocycles. The van der Waals surface area contributed by atoms with Crippen molar-refractivity contribution in [3.63, 3.8) is 0 Å². The van der Waals surface area contributed by atoms with Gasteiger partial charge in [-0.1, -0.05) is 19.9 Å². The van der Waals surface area contributed by atoms with Crippen LogP contribution in [-0.4, -0.2) is 25.5 Å². The Hall–Kier alpha value is -0.580. The number of piperidine rings is 1. The minimum Gasteiger partial charge on any atom is -0.355 e. The minimum absolute atomic E-state index is 0. The summed E-state index contributed by atoms with van der Waals surface area (Å²) in [6.45, 7) is 7.20. The van der Waals surface area contributed by atoms with E-state index in [0.717, 1.165) is 32.5 Å². The van der Waals surface area contributed by atoms with E-state index in [1.807, 2.05) is 0 Å². The van der Waals surface area contributed by atoms with Crippen molar-refractivity contribution in [2.45, 2.75) is 38.5 Å². The molecule has 1 aromatic rings. The monoisotopic (exact) mass is 316 g/mol. The molecule has 1 amide bonds. The molecule has 5 heteroatoms. The third kappa shape index (κ3) is 5.08. The highest BCUT2D eigenvalue weighted by Crippen LogP contribution is 2.26. The molecule has 2 N–H and O–H groups in total. The lowest BCUT2D eigenvalue weighted by atomic mass is 9.90. The lowest BCUT2D eigenvalue weighted by Gasteiger charge is -2.25. The van der Waals surface area contributed by atoms with Crippen molar-refractivity contribution in [2.75, 3.05) is 19.6 Å². The summed E-state index contributed by atoms with van der Waals surface area (Å²) in [7, 11) is 0. The number of halogens is 1. The number of nitrogens with one attached hydrogen (secondary N) is 2. The zero-order valence-electron chi connectivity index (χ0n) is 12.3. The fourth-order valence-corrected chi connectivity index (χ4v) is 3.34. The van der Waals surface area contributed by atoms with Crippen molar-refractivity contribution in [1.82, 2.24) is 10.6 Å². The predicted octanol–water partition coefficient (Wildman–Crippen LogP) is 2.95. The number of amides is 1. The second kappa shape index (κ2) is 8.01. The lowest BCUT2D eigenvalue weighted by molar-refractivity contribution is -0.122. The third-order valence-electron chi connectivity index (χ3n) is 3.85. The van der Waals surface area contributed by atoms with Crippen LogP contribution < -0.4 is 10.6 Å². The third-order valence-corrected chi connectivity index (χ3v) is 5.08. The first-order valence-corrected chi connectivity index (χ1v) is 7.97. The van der Waals surface area contributed by atoms with Crippen LogP contribution in [-0.2, 0) is 10.2 Å². The fraction of sp³-hybridized carbons (Fsp3) is 0.667. The molecule has 114 valence electrons. The Kier molecular flexibility index (Phi) is 7.00. The van der Waals surface area contributed by atoms with Crippen LogP contribution >= 0.6 is 23.7 Å². The van der Waals surface area contributed by atoms with Crippen molar-refractivity contribution in [3.05, 3.63) is 22.4 Å². The summed E-state index contributed by atoms with van der Waals surface area (Å²) in [6, 6.07) is 4.21. The van der Waals surface area contributed by atoms with Gasteiger partial charge < -0.3 is 10.6 Å². The summed E-state index contributed by atoms with van der Waals surface area (Å²) in [4.78, 5) is 13.3. The van der Waals surface area contributed by atoms with Gasteiger partial charge in [0.2, 0.25) is 5.91 Å². The maximum absolute atomic E-state index is 12.0. The van der Waals surface area contributed by atoms with Gasteiger partial charge in [-0.15, -0.1) is 23.7 Å². The maximum Gasteiger partial charge on any atom is 0.220 e. The summed E-state index contributed by atoms with van der Waals surface area (Å²) in [5.74, 6) is 0.766. The molecule has 1 aromatic heterocycles. The smallest absolute Gasteiger partial charge is 0.220 e. The fourth-order valence-electron chi connectivity index (χ4n) is 2.49. The number of carbonyl (C=O) groups is 1. The van der Waals surface area contributed by atoms with Gasteiger partial charge in [0, 0.05) is 23.3 Å². The van der Waals surface area contributed by atoms with Gasteiger partial charge in [0.25, 0.3) is 0 Å². The van der Waals surface area contributed by atoms with E-state index in [0.29, 0.717) is 12.3 Å². The van der Waals surface area contributed by atoms with Crippen LogP contribution in [0.3, 0.4) is 0 Å². The second-order valence-corrected chi connectivity index (χ2v) is 6.98. The van der Waals surface area contributed by atoms with E-state index in [-0.39, 0.29) is 23.7 Å². The highest BCUT2D eigenvalue weighted by Gasteiger charge is 2.23. The molecule has 2 rings (SSSR count). The Morgan fingerprint density at radius 3 is 2.75 bits per heavy atom. The van der Waals surface area contributed by atoms with Crippen LogP contribution in [0.25, 0.3) is 0 Å². The van der Waals surface area contributed by atoms with Gasteiger partial charge >= 0.3 is 0 Å². The summed E-state index contributed by atoms with van der Waals surface area (Å²) < 4.78 is 0. The second-order valence-electron chi connectivity index (χ2n) is 6.04. The van der Waals surface area contributed by atoms with Crippen LogP contribution in [0, 0.1) is 5.92 Å². The molecular formula is C15H25ClN2OS. The van der Waals surface area contributed by atoms with Crippen molar-refractivity contribution in [3.8, 4) is 0 Å². The van der Waals surface area contributed by atoms with E-state index in [9.17, 15) is 4.79 Å². The predicted molar refractivity (Wildman–Crippen MR) is 87.8 cm³/mol. The first kappa shape index (κ1) is 17.5. The SMILES string of the molecule is CC(C)(CNC(=O)CC1CCNCC1)c1cccs1.Cl. The largest absolute Gasteiger partial charge is 0.355 e. The van der Waals surface area contributed by atoms with E-state index in [1.54, 1.807) is 11.3 Å². The Morgan fingerprint density at radius 2 is 2.15 bits per heavy atom. The molecule has 1 aliphatic heterocycles. The summed E-state index contributed by atoms with van der Waals surface area (Å²) in [5, 5.41) is 8.53. The Labute approximate surface area is 131 Å². The van der Waals surface area contributed by atoms with E-state index in [2.05, 4.69) is 42.0 Å². The van der Waals surface area contributed by atoms with E-state index in [1.165, 1.54) is 4.88 Å². The van der Waals surface area contributed by atoms with Crippen molar-refractivity contribution >= 4 is 29.7 Å². The van der Waals surface area contributed by atoms with Gasteiger partial charge in [-0.3, -0.25) is 4.79 Å². The Morgan fingerprint density at radius 1 is 1.45 bits per heavy atom. The van der Waals surface area contributed by atoms with Gasteiger partial charge in [0.1, 0.15) is 0 Å². The highest BCUT2D eigenvalue weighted by molar-refractivity contribution is 7.10. The quantitative estimate of drug-likeness (QED) is 0.877. The lowest BCUT2D eigenvalue weighted by Crippen LogP contribution is -2.38. The van der Waals surface area contributed by atoms with E-state index in [4.69, 9.17) is 0 Å². The van der Waals surface area contributed by atoms with Crippen LogP contribution in [0.2, 0.25) is 0 Å². The molecule has 1 fully saturated rings. The number of carbonyl (C=O) groups excluding carboxylic acids is 1. The zero-order chi connectivity index (χ0) is 13.7. The summed E-state index contributed by atoms with van der Waals surface area (Å²) in [6.07, 6.45) is 2.94. The first-order chi connectivity index (χ1) is 9.08. The molecule has 1 aliphatic rings. The van der Waals surface area contributed by atoms with E-state index < -0.39 is 0 Å². The van der Waals surface area contributed by atoms with Crippen molar-refractivity contribution in [2.24, 2.45) is 5.92 Å². The van der Waals surface area contributed by atoms with Crippen LogP contribution in [0.1, 0.15) is 38.0 Å². The molecule has 0 radical (unpaired) electrons. The number of rotatable bonds is 5. The topological polar surface area (TPSA) is 41.1 Å². The molecule has 0 spiro atoms. The standard InChI is InChI=1S/C15H24N2OS.ClH/c1-15(2,13-4-3-9-19-13)11-17-14(18)10-12-5-7-16-8-6-12;/h3-4,9,12,16H,5-8,10-11H2,1-2H3,(H,17,18);1H. The van der Waals surface area contributed by atoms with Crippen LogP contribution in [0.4, 0.5) is 0 Å². The highest BCUT2D eigenvalue weighted by atomic mass is 35.5. The molecule has 0 bridgehead atoms. The average Bonchev–Trinajstić information content (AvgIpc) is 2.92. The molecule has 20 heavy (non-hydrogen) atoms. The summed E-state index contributed by atoms with van der Waals surface area (Å²) >= 11 is 1.76. The molecule has 0 atom stereocenters. The van der Waals surface area contributed by atoms with Crippen molar-refractivity contribution < 1.29 is 4.79 Å². The molecular weight excluding hydrogens is 292 g/mol. The number of hydrogen-bond donors (Lipinski definition) is 2. The number of thiophene rings is 1. The molecule has 3 nitrogen and oxygen atoms in total. The van der Waals surface area contributed by atoms with Gasteiger partial charge in [-0.2, -0.15) is 0 Å². The molecule has 1 saturated heterocycles. The van der Waals surface area contributed by atoms with Gasteiger partial charge in [-0.05, 0) is 43.3 Å². The summed E-state index contributed by atoms with van der Waals surface area (Å²) in [5.41, 5.74) is 0.0257. The first-order valence-electron chi connectivity index (χ1n) is 7.09. The Bertz CT molecular complexity index is 400. The normalized spacial score (nSPS) is 16.5. The van der Waals surface area contributed by atoms with E-state index >= 15 is 0 Å². The van der Waals surface area contributed by atoms with Gasteiger partial charge in [0.15, 0.2) is 0 Å². The average molecular weight is 317 g/mol. The van der Waals surface area contributed by atoms with Crippen LogP contribution in [0.15, 0.2) is 17.5 Å². The molecule has 0 aromatic carbocycles. The zero-order valence-corrected chi connectivity index (χ0v) is 13.9. The number of hydrogen-bond acceptors (Lipinski definition) is 3. The van der Waals surface area contributed by atoms with Crippen molar-refractivity contribution in [1.29, 1.82) is 0 Å². The van der Waals surface area contributed by atoms with Gasteiger partial charge in [0.05, 0.1) is 0 Å². The van der Waals surface area contributed by atoms with Crippen LogP contribution in [0.5, 0.6) is 0 Å². The minimum atomic E-state index is 0. The maximum atomic E-state index is 12.0. The molecule has 0 saturated carbocycles. The Balaban J connectivity index is 0.00000200. The molecule has 0 unspecified atom stereocenters. The van der Waals surface area contributed by atoms with Gasteiger partial charge in [-0.25, -0.2) is 0 Å².